The largest absolute Gasteiger partial charge is 0.247 e. The average molecular weight is 352 g/mol. The molecule has 0 heterocycles. The van der Waals surface area contributed by atoms with Crippen molar-refractivity contribution < 1.29 is 8.78 Å². The van der Waals surface area contributed by atoms with E-state index in [1.807, 2.05) is 67.6 Å². The van der Waals surface area contributed by atoms with Crippen LogP contribution < -0.4 is 0 Å². The molecule has 0 aliphatic rings. The van der Waals surface area contributed by atoms with Gasteiger partial charge in [-0.15, -0.1) is 0 Å². The number of rotatable bonds is 9. The van der Waals surface area contributed by atoms with Crippen LogP contribution in [0.1, 0.15) is 28.7 Å². The van der Waals surface area contributed by atoms with Gasteiger partial charge in [0.25, 0.3) is 0 Å². The van der Waals surface area contributed by atoms with Crippen LogP contribution >= 0.6 is 0 Å². The Bertz CT molecular complexity index is 754. The van der Waals surface area contributed by atoms with Gasteiger partial charge in [0, 0.05) is 6.42 Å². The molecule has 0 saturated carbocycles. The zero-order valence-corrected chi connectivity index (χ0v) is 15.3. The Kier molecular flexibility index (Phi) is 8.01. The second kappa shape index (κ2) is 10.5. The van der Waals surface area contributed by atoms with Crippen molar-refractivity contribution in [3.05, 3.63) is 107 Å². The molecular weight excluding hydrogens is 326 g/mol. The van der Waals surface area contributed by atoms with Crippen LogP contribution in [0.15, 0.2) is 79.4 Å². The van der Waals surface area contributed by atoms with E-state index in [1.54, 1.807) is 12.1 Å². The summed E-state index contributed by atoms with van der Waals surface area (Å²) in [5.41, 5.74) is 3.79. The van der Waals surface area contributed by atoms with Crippen LogP contribution in [0.25, 0.3) is 0 Å². The third kappa shape index (κ3) is 6.79. The first-order valence-corrected chi connectivity index (χ1v) is 8.99. The molecule has 136 valence electrons. The highest BCUT2D eigenvalue weighted by Crippen LogP contribution is 2.15. The van der Waals surface area contributed by atoms with Crippen LogP contribution in [0, 0.1) is 12.7 Å². The summed E-state index contributed by atoms with van der Waals surface area (Å²) in [4.78, 5) is 0. The second-order valence-corrected chi connectivity index (χ2v) is 6.50. The van der Waals surface area contributed by atoms with Gasteiger partial charge in [0.1, 0.15) is 12.0 Å². The molecule has 0 aromatic heterocycles. The molecule has 0 saturated heterocycles. The van der Waals surface area contributed by atoms with Crippen molar-refractivity contribution in [2.75, 3.05) is 0 Å². The van der Waals surface area contributed by atoms with Gasteiger partial charge in [-0.3, -0.25) is 0 Å². The van der Waals surface area contributed by atoms with E-state index in [0.29, 0.717) is 19.3 Å². The van der Waals surface area contributed by atoms with Crippen LogP contribution in [0.4, 0.5) is 8.78 Å². The maximum Gasteiger partial charge on any atom is 0.126 e. The molecule has 1 atom stereocenters. The molecule has 0 nitrogen and oxygen atoms in total. The summed E-state index contributed by atoms with van der Waals surface area (Å²) in [6.07, 6.45) is 10.4. The van der Waals surface area contributed by atoms with E-state index in [0.717, 1.165) is 28.7 Å². The number of allylic oxidation sites excluding steroid dienone is 5. The lowest BCUT2D eigenvalue weighted by Crippen LogP contribution is -2.03. The number of hydrogen-bond donors (Lipinski definition) is 0. The fourth-order valence-electron chi connectivity index (χ4n) is 2.76. The first-order chi connectivity index (χ1) is 12.6. The summed E-state index contributed by atoms with van der Waals surface area (Å²) in [7, 11) is 0. The number of aryl methyl sites for hydroxylation is 3. The fourth-order valence-corrected chi connectivity index (χ4v) is 2.76. The maximum absolute atomic E-state index is 14.0. The monoisotopic (exact) mass is 352 g/mol. The van der Waals surface area contributed by atoms with Crippen molar-refractivity contribution in [2.45, 2.75) is 38.8 Å². The topological polar surface area (TPSA) is 0 Å². The predicted molar refractivity (Wildman–Crippen MR) is 107 cm³/mol. The number of alkyl halides is 1. The smallest absolute Gasteiger partial charge is 0.126 e. The minimum atomic E-state index is -0.893. The number of benzene rings is 2. The average Bonchev–Trinajstić information content (AvgIpc) is 2.62. The Balaban J connectivity index is 1.82. The van der Waals surface area contributed by atoms with Gasteiger partial charge in [0.05, 0.1) is 0 Å². The first-order valence-electron chi connectivity index (χ1n) is 8.99. The van der Waals surface area contributed by atoms with Crippen LogP contribution in [0.2, 0.25) is 0 Å². The Hall–Kier alpha value is -2.48. The first kappa shape index (κ1) is 19.8. The number of halogens is 2. The molecule has 2 aromatic rings. The molecule has 26 heavy (non-hydrogen) atoms. The fraction of sp³-hybridized carbons (Fsp3) is 0.250. The van der Waals surface area contributed by atoms with Gasteiger partial charge in [0.2, 0.25) is 0 Å². The molecule has 0 N–H and O–H groups in total. The van der Waals surface area contributed by atoms with Crippen molar-refractivity contribution >= 4 is 0 Å². The third-order valence-electron chi connectivity index (χ3n) is 4.26. The summed E-state index contributed by atoms with van der Waals surface area (Å²) in [5, 5.41) is 0. The molecule has 0 aliphatic heterocycles. The minimum Gasteiger partial charge on any atom is -0.247 e. The predicted octanol–water partition coefficient (Wildman–Crippen LogP) is 6.49. The maximum atomic E-state index is 14.0. The zero-order valence-electron chi connectivity index (χ0n) is 15.3. The summed E-state index contributed by atoms with van der Waals surface area (Å²) in [6, 6.07) is 13.3. The van der Waals surface area contributed by atoms with E-state index in [-0.39, 0.29) is 5.82 Å². The van der Waals surface area contributed by atoms with E-state index < -0.39 is 6.17 Å². The van der Waals surface area contributed by atoms with Crippen LogP contribution in [-0.2, 0) is 19.3 Å². The van der Waals surface area contributed by atoms with Crippen molar-refractivity contribution in [1.82, 2.24) is 0 Å². The molecule has 0 fully saturated rings. The summed E-state index contributed by atoms with van der Waals surface area (Å²) in [5.74, 6) is -0.141. The van der Waals surface area contributed by atoms with Gasteiger partial charge in [-0.25, -0.2) is 8.78 Å². The van der Waals surface area contributed by atoms with Gasteiger partial charge in [-0.2, -0.15) is 0 Å². The van der Waals surface area contributed by atoms with Crippen molar-refractivity contribution in [3.63, 3.8) is 0 Å². The molecular formula is C24H26F2. The van der Waals surface area contributed by atoms with E-state index in [2.05, 4.69) is 6.58 Å². The lowest BCUT2D eigenvalue weighted by molar-refractivity contribution is 0.335. The molecule has 0 amide bonds. The number of hydrogen-bond acceptors (Lipinski definition) is 0. The van der Waals surface area contributed by atoms with Gasteiger partial charge in [0.15, 0.2) is 0 Å². The van der Waals surface area contributed by atoms with E-state index in [4.69, 9.17) is 0 Å². The lowest BCUT2D eigenvalue weighted by Gasteiger charge is -2.08. The van der Waals surface area contributed by atoms with Gasteiger partial charge >= 0.3 is 0 Å². The van der Waals surface area contributed by atoms with Crippen LogP contribution in [0.3, 0.4) is 0 Å². The van der Waals surface area contributed by atoms with E-state index in [1.165, 1.54) is 0 Å². The summed E-state index contributed by atoms with van der Waals surface area (Å²) in [6.45, 7) is 5.47. The van der Waals surface area contributed by atoms with Gasteiger partial charge < -0.3 is 0 Å². The second-order valence-electron chi connectivity index (χ2n) is 6.50. The van der Waals surface area contributed by atoms with E-state index in [9.17, 15) is 8.78 Å². The molecule has 0 aliphatic carbocycles. The highest BCUT2D eigenvalue weighted by atomic mass is 19.1. The summed E-state index contributed by atoms with van der Waals surface area (Å²) >= 11 is 0. The van der Waals surface area contributed by atoms with Crippen LogP contribution in [0.5, 0.6) is 0 Å². The SMILES string of the molecule is C=C/C=C\C=C/C[C@@H](F)Cc1ccc(CCc2ccc(C)cc2F)cc1. The molecule has 2 aromatic carbocycles. The van der Waals surface area contributed by atoms with Crippen molar-refractivity contribution in [2.24, 2.45) is 0 Å². The van der Waals surface area contributed by atoms with Gasteiger partial charge in [-0.05, 0) is 54.5 Å². The third-order valence-corrected chi connectivity index (χ3v) is 4.26. The van der Waals surface area contributed by atoms with E-state index >= 15 is 0 Å². The molecule has 2 heteroatoms. The van der Waals surface area contributed by atoms with Crippen LogP contribution in [-0.4, -0.2) is 6.17 Å². The minimum absolute atomic E-state index is 0.141. The van der Waals surface area contributed by atoms with Gasteiger partial charge in [-0.1, -0.05) is 73.4 Å². The molecule has 0 unspecified atom stereocenters. The highest BCUT2D eigenvalue weighted by molar-refractivity contribution is 5.27. The standard InChI is InChI=1S/C24H26F2/c1-3-4-5-6-7-8-23(25)18-21-12-10-20(11-13-21)14-16-22-15-9-19(2)17-24(22)26/h3-7,9-13,15,17,23H,1,8,14,16,18H2,2H3/b5-4-,7-6-/t23-/m1/s1. The zero-order chi connectivity index (χ0) is 18.8. The molecule has 0 bridgehead atoms. The summed E-state index contributed by atoms with van der Waals surface area (Å²) < 4.78 is 27.9. The molecule has 2 rings (SSSR count). The quantitative estimate of drug-likeness (QED) is 0.453. The molecule has 0 spiro atoms. The Morgan fingerprint density at radius 3 is 2.38 bits per heavy atom. The Morgan fingerprint density at radius 2 is 1.69 bits per heavy atom. The Morgan fingerprint density at radius 1 is 0.962 bits per heavy atom. The normalized spacial score (nSPS) is 12.7. The van der Waals surface area contributed by atoms with Crippen molar-refractivity contribution in [3.8, 4) is 0 Å². The Labute approximate surface area is 155 Å². The lowest BCUT2D eigenvalue weighted by atomic mass is 10.00. The highest BCUT2D eigenvalue weighted by Gasteiger charge is 2.07. The molecule has 0 radical (unpaired) electrons. The van der Waals surface area contributed by atoms with Crippen molar-refractivity contribution in [1.29, 1.82) is 0 Å².